The Morgan fingerprint density at radius 2 is 1.73 bits per heavy atom. The van der Waals surface area contributed by atoms with Crippen LogP contribution < -0.4 is 0 Å². The number of benzene rings is 2. The number of nitro groups is 1. The zero-order valence-electron chi connectivity index (χ0n) is 14.5. The van der Waals surface area contributed by atoms with Crippen molar-refractivity contribution in [1.29, 1.82) is 0 Å². The lowest BCUT2D eigenvalue weighted by molar-refractivity contribution is -0.385. The van der Waals surface area contributed by atoms with Crippen LogP contribution in [-0.2, 0) is 10.0 Å². The number of hydrogen-bond donors (Lipinski definition) is 0. The van der Waals surface area contributed by atoms with Gasteiger partial charge in [0.2, 0.25) is 10.0 Å². The Morgan fingerprint density at radius 1 is 1.12 bits per heavy atom. The summed E-state index contributed by atoms with van der Waals surface area (Å²) >= 11 is 0. The molecule has 2 rings (SSSR count). The van der Waals surface area contributed by atoms with Gasteiger partial charge < -0.3 is 0 Å². The number of allylic oxidation sites excluding steroid dienone is 1. The Bertz CT molecular complexity index is 977. The van der Waals surface area contributed by atoms with Crippen LogP contribution >= 0.6 is 0 Å². The van der Waals surface area contributed by atoms with Crippen molar-refractivity contribution in [3.8, 4) is 0 Å². The number of rotatable bonds is 6. The Kier molecular flexibility index (Phi) is 5.69. The molecule has 0 radical (unpaired) electrons. The van der Waals surface area contributed by atoms with Gasteiger partial charge in [-0.3, -0.25) is 14.9 Å². The number of nitro benzene ring substituents is 1. The Morgan fingerprint density at radius 3 is 2.27 bits per heavy atom. The second-order valence-corrected chi connectivity index (χ2v) is 7.96. The predicted molar refractivity (Wildman–Crippen MR) is 98.5 cm³/mol. The van der Waals surface area contributed by atoms with Crippen LogP contribution in [0.25, 0.3) is 6.08 Å². The van der Waals surface area contributed by atoms with Crippen molar-refractivity contribution in [1.82, 2.24) is 4.31 Å². The van der Waals surface area contributed by atoms with Crippen molar-refractivity contribution in [2.45, 2.75) is 11.8 Å². The molecule has 2 aromatic rings. The quantitative estimate of drug-likeness (QED) is 0.335. The average molecular weight is 374 g/mol. The summed E-state index contributed by atoms with van der Waals surface area (Å²) in [5.74, 6) is -0.331. The van der Waals surface area contributed by atoms with E-state index < -0.39 is 14.9 Å². The van der Waals surface area contributed by atoms with E-state index in [-0.39, 0.29) is 16.4 Å². The molecule has 0 unspecified atom stereocenters. The van der Waals surface area contributed by atoms with Crippen LogP contribution in [0.1, 0.15) is 21.5 Å². The number of carbonyl (C=O) groups excluding carboxylic acids is 1. The third-order valence-corrected chi connectivity index (χ3v) is 5.60. The van der Waals surface area contributed by atoms with Crippen molar-refractivity contribution < 1.29 is 18.1 Å². The van der Waals surface area contributed by atoms with Crippen molar-refractivity contribution in [3.05, 3.63) is 75.3 Å². The molecule has 0 saturated heterocycles. The van der Waals surface area contributed by atoms with Crippen molar-refractivity contribution >= 4 is 27.6 Å². The molecule has 0 bridgehead atoms. The number of nitrogens with zero attached hydrogens (tertiary/aromatic N) is 2. The summed E-state index contributed by atoms with van der Waals surface area (Å²) in [7, 11) is -0.695. The van der Waals surface area contributed by atoms with E-state index in [4.69, 9.17) is 0 Å². The second kappa shape index (κ2) is 7.59. The summed E-state index contributed by atoms with van der Waals surface area (Å²) in [6, 6.07) is 10.3. The van der Waals surface area contributed by atoms with E-state index in [2.05, 4.69) is 0 Å². The van der Waals surface area contributed by atoms with Crippen LogP contribution in [0.5, 0.6) is 0 Å². The van der Waals surface area contributed by atoms with Gasteiger partial charge in [0, 0.05) is 31.3 Å². The fraction of sp³-hybridized carbons (Fsp3) is 0.167. The molecule has 0 heterocycles. The molecule has 0 saturated carbocycles. The largest absolute Gasteiger partial charge is 0.289 e. The molecule has 0 fully saturated rings. The minimum Gasteiger partial charge on any atom is -0.289 e. The molecule has 26 heavy (non-hydrogen) atoms. The Hall–Kier alpha value is -2.84. The van der Waals surface area contributed by atoms with Gasteiger partial charge in [-0.1, -0.05) is 18.2 Å². The van der Waals surface area contributed by atoms with Gasteiger partial charge in [-0.25, -0.2) is 12.7 Å². The lowest BCUT2D eigenvalue weighted by Crippen LogP contribution is -2.22. The first kappa shape index (κ1) is 19.5. The highest BCUT2D eigenvalue weighted by Gasteiger charge is 2.17. The minimum absolute atomic E-state index is 0.0159. The summed E-state index contributed by atoms with van der Waals surface area (Å²) in [4.78, 5) is 22.8. The van der Waals surface area contributed by atoms with Crippen LogP contribution in [0.4, 0.5) is 5.69 Å². The predicted octanol–water partition coefficient (Wildman–Crippen LogP) is 3.05. The highest BCUT2D eigenvalue weighted by Crippen LogP contribution is 2.20. The Balaban J connectivity index is 2.21. The van der Waals surface area contributed by atoms with Crippen LogP contribution in [0, 0.1) is 17.0 Å². The number of ketones is 1. The maximum atomic E-state index is 12.2. The molecule has 0 spiro atoms. The van der Waals surface area contributed by atoms with Crippen molar-refractivity contribution in [2.75, 3.05) is 14.1 Å². The van der Waals surface area contributed by atoms with E-state index in [0.717, 1.165) is 4.31 Å². The fourth-order valence-electron chi connectivity index (χ4n) is 2.20. The van der Waals surface area contributed by atoms with Gasteiger partial charge in [-0.2, -0.15) is 0 Å². The molecular formula is C18H18N2O5S. The number of carbonyl (C=O) groups is 1. The van der Waals surface area contributed by atoms with Gasteiger partial charge in [0.25, 0.3) is 5.69 Å². The second-order valence-electron chi connectivity index (χ2n) is 5.81. The molecular weight excluding hydrogens is 356 g/mol. The number of sulfonamides is 1. The normalized spacial score (nSPS) is 11.8. The van der Waals surface area contributed by atoms with Crippen LogP contribution in [0.2, 0.25) is 0 Å². The first-order valence-corrected chi connectivity index (χ1v) is 9.07. The number of aryl methyl sites for hydroxylation is 1. The smallest absolute Gasteiger partial charge is 0.272 e. The fourth-order valence-corrected chi connectivity index (χ4v) is 3.10. The molecule has 0 aliphatic rings. The zero-order valence-corrected chi connectivity index (χ0v) is 15.4. The molecule has 0 aromatic heterocycles. The summed E-state index contributed by atoms with van der Waals surface area (Å²) in [6.07, 6.45) is 2.78. The van der Waals surface area contributed by atoms with Crippen LogP contribution in [0.15, 0.2) is 53.4 Å². The van der Waals surface area contributed by atoms with E-state index in [1.807, 2.05) is 0 Å². The summed E-state index contributed by atoms with van der Waals surface area (Å²) in [5, 5.41) is 11.0. The average Bonchev–Trinajstić information content (AvgIpc) is 2.60. The molecule has 8 heteroatoms. The van der Waals surface area contributed by atoms with Gasteiger partial charge >= 0.3 is 0 Å². The van der Waals surface area contributed by atoms with Crippen LogP contribution in [-0.4, -0.2) is 37.5 Å². The molecule has 0 aliphatic heterocycles. The van der Waals surface area contributed by atoms with Crippen LogP contribution in [0.3, 0.4) is 0 Å². The SMILES string of the molecule is Cc1ccc(/C=C/C(=O)c2ccc(S(=O)(=O)N(C)C)cc2)cc1[N+](=O)[O-]. The van der Waals surface area contributed by atoms with E-state index in [1.54, 1.807) is 19.1 Å². The lowest BCUT2D eigenvalue weighted by atomic mass is 10.1. The first-order valence-electron chi connectivity index (χ1n) is 7.63. The summed E-state index contributed by atoms with van der Waals surface area (Å²) < 4.78 is 25.1. The highest BCUT2D eigenvalue weighted by atomic mass is 32.2. The monoisotopic (exact) mass is 374 g/mol. The molecule has 0 atom stereocenters. The maximum absolute atomic E-state index is 12.2. The Labute approximate surface area is 151 Å². The molecule has 136 valence electrons. The van der Waals surface area contributed by atoms with E-state index >= 15 is 0 Å². The van der Waals surface area contributed by atoms with E-state index in [9.17, 15) is 23.3 Å². The lowest BCUT2D eigenvalue weighted by Gasteiger charge is -2.11. The molecule has 0 N–H and O–H groups in total. The number of hydrogen-bond acceptors (Lipinski definition) is 5. The summed E-state index contributed by atoms with van der Waals surface area (Å²) in [5.41, 5.74) is 1.37. The standard InChI is InChI=1S/C18H18N2O5S/c1-13-4-5-14(12-17(13)20(22)23)6-11-18(21)15-7-9-16(10-8-15)26(24,25)19(2)3/h4-12H,1-3H3/b11-6+. The zero-order chi connectivity index (χ0) is 19.5. The van der Waals surface area contributed by atoms with Crippen molar-refractivity contribution in [2.24, 2.45) is 0 Å². The van der Waals surface area contributed by atoms with Gasteiger partial charge in [0.15, 0.2) is 5.78 Å². The van der Waals surface area contributed by atoms with Gasteiger partial charge in [-0.05, 0) is 42.8 Å². The highest BCUT2D eigenvalue weighted by molar-refractivity contribution is 7.89. The first-order chi connectivity index (χ1) is 12.1. The maximum Gasteiger partial charge on any atom is 0.272 e. The van der Waals surface area contributed by atoms with Gasteiger partial charge in [-0.15, -0.1) is 0 Å². The summed E-state index contributed by atoms with van der Waals surface area (Å²) in [6.45, 7) is 1.64. The topological polar surface area (TPSA) is 97.6 Å². The molecule has 2 aromatic carbocycles. The van der Waals surface area contributed by atoms with Crippen molar-refractivity contribution in [3.63, 3.8) is 0 Å². The van der Waals surface area contributed by atoms with E-state index in [1.165, 1.54) is 56.6 Å². The van der Waals surface area contributed by atoms with E-state index in [0.29, 0.717) is 16.7 Å². The van der Waals surface area contributed by atoms with Gasteiger partial charge in [0.05, 0.1) is 9.82 Å². The molecule has 7 nitrogen and oxygen atoms in total. The molecule has 0 aliphatic carbocycles. The minimum atomic E-state index is -3.55. The third kappa shape index (κ3) is 4.22. The third-order valence-electron chi connectivity index (χ3n) is 3.77. The molecule has 0 amide bonds. The van der Waals surface area contributed by atoms with Gasteiger partial charge in [0.1, 0.15) is 0 Å².